The van der Waals surface area contributed by atoms with Crippen LogP contribution in [0.25, 0.3) is 0 Å². The molecule has 1 amide bonds. The fraction of sp³-hybridized carbons (Fsp3) is 0.214. The van der Waals surface area contributed by atoms with E-state index in [-0.39, 0.29) is 16.5 Å². The molecule has 1 aliphatic heterocycles. The van der Waals surface area contributed by atoms with Crippen LogP contribution < -0.4 is 9.64 Å². The first-order chi connectivity index (χ1) is 18.5. The van der Waals surface area contributed by atoms with Crippen LogP contribution in [0, 0.1) is 6.92 Å². The lowest BCUT2D eigenvalue weighted by Gasteiger charge is -2.24. The lowest BCUT2D eigenvalue weighted by Crippen LogP contribution is -2.31. The van der Waals surface area contributed by atoms with E-state index in [1.807, 2.05) is 13.8 Å². The van der Waals surface area contributed by atoms with Gasteiger partial charge in [0.1, 0.15) is 5.75 Å². The van der Waals surface area contributed by atoms with Crippen LogP contribution in [0.15, 0.2) is 87.0 Å². The minimum Gasteiger partial charge on any atom is -0.503 e. The molecule has 0 aliphatic carbocycles. The Kier molecular flexibility index (Phi) is 7.62. The van der Waals surface area contributed by atoms with Crippen LogP contribution in [0.5, 0.6) is 5.75 Å². The predicted octanol–water partition coefficient (Wildman–Crippen LogP) is 6.30. The van der Waals surface area contributed by atoms with E-state index in [0.717, 1.165) is 12.0 Å². The van der Waals surface area contributed by atoms with E-state index in [2.05, 4.69) is 34.5 Å². The zero-order chi connectivity index (χ0) is 26.6. The van der Waals surface area contributed by atoms with Crippen molar-refractivity contribution in [2.75, 3.05) is 11.5 Å². The smallest absolute Gasteiger partial charge is 0.296 e. The summed E-state index contributed by atoms with van der Waals surface area (Å²) in [4.78, 5) is 28.0. The van der Waals surface area contributed by atoms with Gasteiger partial charge in [-0.05, 0) is 48.7 Å². The number of aryl methyl sites for hydroxylation is 1. The molecule has 4 aromatic rings. The monoisotopic (exact) mass is 547 g/mol. The Hall–Kier alpha value is -3.89. The van der Waals surface area contributed by atoms with E-state index in [1.54, 1.807) is 30.3 Å². The van der Waals surface area contributed by atoms with Gasteiger partial charge < -0.3 is 14.3 Å². The van der Waals surface area contributed by atoms with Crippen LogP contribution in [-0.2, 0) is 10.5 Å². The second kappa shape index (κ2) is 11.2. The molecule has 38 heavy (non-hydrogen) atoms. The van der Waals surface area contributed by atoms with Gasteiger partial charge in [-0.3, -0.25) is 14.5 Å². The highest BCUT2D eigenvalue weighted by Gasteiger charge is 2.46. The molecular formula is C28H25N3O5S2. The molecule has 0 fully saturated rings. The zero-order valence-electron chi connectivity index (χ0n) is 20.8. The molecule has 2 aromatic heterocycles. The number of ether oxygens (including phenoxy) is 1. The lowest BCUT2D eigenvalue weighted by molar-refractivity contribution is -0.117. The molecule has 5 rings (SSSR count). The van der Waals surface area contributed by atoms with Gasteiger partial charge in [0.2, 0.25) is 10.9 Å². The Morgan fingerprint density at radius 1 is 1.13 bits per heavy atom. The van der Waals surface area contributed by atoms with Gasteiger partial charge in [0, 0.05) is 5.75 Å². The van der Waals surface area contributed by atoms with Gasteiger partial charge in [-0.25, -0.2) is 0 Å². The Morgan fingerprint density at radius 2 is 1.89 bits per heavy atom. The average Bonchev–Trinajstić information content (AvgIpc) is 3.68. The maximum Gasteiger partial charge on any atom is 0.296 e. The van der Waals surface area contributed by atoms with Gasteiger partial charge in [-0.2, -0.15) is 0 Å². The van der Waals surface area contributed by atoms with Crippen molar-refractivity contribution in [2.24, 2.45) is 0 Å². The summed E-state index contributed by atoms with van der Waals surface area (Å²) in [5.41, 5.74) is 2.87. The van der Waals surface area contributed by atoms with Crippen molar-refractivity contribution in [2.45, 2.75) is 36.4 Å². The van der Waals surface area contributed by atoms with Crippen molar-refractivity contribution in [3.05, 3.63) is 101 Å². The SMILES string of the molecule is CCCOc1ccc(C2C(C(=O)c3ccco3)=C(O)C(=O)N2c2nnc(SCc3ccc(C)cc3)s2)cc1. The number of nitrogens with zero attached hydrogens (tertiary/aromatic N) is 3. The normalized spacial score (nSPS) is 15.4. The number of hydrogen-bond acceptors (Lipinski definition) is 9. The second-order valence-corrected chi connectivity index (χ2v) is 10.9. The zero-order valence-corrected chi connectivity index (χ0v) is 22.4. The standard InChI is InChI=1S/C28H25N3O5S2/c1-3-14-35-20-12-10-19(11-13-20)23-22(24(32)21-5-4-15-36-21)25(33)26(34)31(23)27-29-30-28(38-27)37-16-18-8-6-17(2)7-9-18/h4-13,15,23,33H,3,14,16H2,1-2H3. The van der Waals surface area contributed by atoms with Crippen molar-refractivity contribution in [1.82, 2.24) is 10.2 Å². The molecule has 1 atom stereocenters. The summed E-state index contributed by atoms with van der Waals surface area (Å²) in [6.07, 6.45) is 2.24. The number of aromatic nitrogens is 2. The summed E-state index contributed by atoms with van der Waals surface area (Å²) < 4.78 is 11.6. The molecule has 0 radical (unpaired) electrons. The van der Waals surface area contributed by atoms with Crippen molar-refractivity contribution in [3.63, 3.8) is 0 Å². The molecule has 1 aliphatic rings. The number of carbonyl (C=O) groups is 2. The first-order valence-corrected chi connectivity index (χ1v) is 13.9. The maximum atomic E-state index is 13.4. The van der Waals surface area contributed by atoms with E-state index in [4.69, 9.17) is 9.15 Å². The summed E-state index contributed by atoms with van der Waals surface area (Å²) in [7, 11) is 0. The van der Waals surface area contributed by atoms with Crippen molar-refractivity contribution in [3.8, 4) is 5.75 Å². The van der Waals surface area contributed by atoms with Crippen molar-refractivity contribution in [1.29, 1.82) is 0 Å². The fourth-order valence-corrected chi connectivity index (χ4v) is 5.87. The molecule has 10 heteroatoms. The molecule has 1 N–H and O–H groups in total. The first-order valence-electron chi connectivity index (χ1n) is 12.1. The Bertz CT molecular complexity index is 1460. The van der Waals surface area contributed by atoms with E-state index in [0.29, 0.717) is 28.0 Å². The van der Waals surface area contributed by atoms with Crippen molar-refractivity contribution >= 4 is 39.9 Å². The number of hydrogen-bond donors (Lipinski definition) is 1. The number of aliphatic hydroxyl groups excluding tert-OH is 1. The van der Waals surface area contributed by atoms with E-state index in [9.17, 15) is 14.7 Å². The highest BCUT2D eigenvalue weighted by atomic mass is 32.2. The Morgan fingerprint density at radius 3 is 2.58 bits per heavy atom. The summed E-state index contributed by atoms with van der Waals surface area (Å²) in [6, 6.07) is 17.5. The summed E-state index contributed by atoms with van der Waals surface area (Å²) >= 11 is 2.74. The van der Waals surface area contributed by atoms with Gasteiger partial charge in [-0.1, -0.05) is 72.0 Å². The highest BCUT2D eigenvalue weighted by Crippen LogP contribution is 2.44. The summed E-state index contributed by atoms with van der Waals surface area (Å²) in [5.74, 6) is -0.533. The van der Waals surface area contributed by atoms with Crippen molar-refractivity contribution < 1.29 is 23.8 Å². The molecular weight excluding hydrogens is 522 g/mol. The summed E-state index contributed by atoms with van der Waals surface area (Å²) in [6.45, 7) is 4.63. The molecule has 194 valence electrons. The number of amides is 1. The summed E-state index contributed by atoms with van der Waals surface area (Å²) in [5, 5.41) is 19.7. The minimum absolute atomic E-state index is 0.0284. The van der Waals surface area contributed by atoms with E-state index < -0.39 is 23.5 Å². The molecule has 0 spiro atoms. The fourth-order valence-electron chi connectivity index (χ4n) is 4.04. The molecule has 8 nitrogen and oxygen atoms in total. The molecule has 1 unspecified atom stereocenters. The van der Waals surface area contributed by atoms with Gasteiger partial charge in [0.25, 0.3) is 5.91 Å². The Balaban J connectivity index is 1.46. The van der Waals surface area contributed by atoms with Crippen LogP contribution in [0.1, 0.15) is 46.6 Å². The van der Waals surface area contributed by atoms with Crippen LogP contribution in [0.4, 0.5) is 5.13 Å². The van der Waals surface area contributed by atoms with Gasteiger partial charge in [-0.15, -0.1) is 10.2 Å². The second-order valence-electron chi connectivity index (χ2n) is 8.69. The third-order valence-corrected chi connectivity index (χ3v) is 8.08. The number of rotatable bonds is 10. The first kappa shape index (κ1) is 25.7. The predicted molar refractivity (Wildman–Crippen MR) is 146 cm³/mol. The van der Waals surface area contributed by atoms with Crippen LogP contribution >= 0.6 is 23.1 Å². The molecule has 2 aromatic carbocycles. The third-order valence-electron chi connectivity index (χ3n) is 5.95. The minimum atomic E-state index is -0.914. The van der Waals surface area contributed by atoms with Gasteiger partial charge in [0.05, 0.1) is 24.5 Å². The lowest BCUT2D eigenvalue weighted by atomic mass is 9.95. The van der Waals surface area contributed by atoms with Gasteiger partial charge >= 0.3 is 0 Å². The maximum absolute atomic E-state index is 13.4. The van der Waals surface area contributed by atoms with E-state index >= 15 is 0 Å². The number of Topliss-reactive ketones (excluding diaryl/α,β-unsaturated/α-hetero) is 1. The van der Waals surface area contributed by atoms with E-state index in [1.165, 1.54) is 45.9 Å². The molecule has 0 saturated carbocycles. The molecule has 3 heterocycles. The average molecular weight is 548 g/mol. The number of thioether (sulfide) groups is 1. The van der Waals surface area contributed by atoms with Crippen LogP contribution in [0.3, 0.4) is 0 Å². The van der Waals surface area contributed by atoms with Gasteiger partial charge in [0.15, 0.2) is 15.9 Å². The molecule has 0 saturated heterocycles. The number of aliphatic hydroxyl groups is 1. The third kappa shape index (κ3) is 5.23. The number of carbonyl (C=O) groups excluding carboxylic acids is 2. The topological polar surface area (TPSA) is 106 Å². The molecule has 0 bridgehead atoms. The quantitative estimate of drug-likeness (QED) is 0.140. The number of ketones is 1. The largest absolute Gasteiger partial charge is 0.503 e. The number of benzene rings is 2. The number of furan rings is 1. The Labute approximate surface area is 228 Å². The van der Waals surface area contributed by atoms with Crippen LogP contribution in [-0.4, -0.2) is 33.6 Å². The van der Waals surface area contributed by atoms with Crippen LogP contribution in [0.2, 0.25) is 0 Å². The number of anilines is 1. The highest BCUT2D eigenvalue weighted by molar-refractivity contribution is 8.00.